The van der Waals surface area contributed by atoms with Crippen LogP contribution in [0, 0.1) is 5.41 Å². The van der Waals surface area contributed by atoms with E-state index in [1.807, 2.05) is 30.3 Å². The summed E-state index contributed by atoms with van der Waals surface area (Å²) in [4.78, 5) is 12.8. The summed E-state index contributed by atoms with van der Waals surface area (Å²) in [6, 6.07) is 20.2. The van der Waals surface area contributed by atoms with Gasteiger partial charge in [0.2, 0.25) is 0 Å². The molecule has 1 aliphatic heterocycles. The van der Waals surface area contributed by atoms with Crippen LogP contribution in [0.3, 0.4) is 0 Å². The Morgan fingerprint density at radius 3 is 2.21 bits per heavy atom. The van der Waals surface area contributed by atoms with Crippen molar-refractivity contribution in [1.29, 1.82) is 0 Å². The van der Waals surface area contributed by atoms with Gasteiger partial charge in [0, 0.05) is 0 Å². The zero-order valence-corrected chi connectivity index (χ0v) is 20.2. The summed E-state index contributed by atoms with van der Waals surface area (Å²) < 4.78 is 8.88. The molecule has 0 spiro atoms. The molecule has 0 amide bonds. The molecule has 0 radical (unpaired) electrons. The van der Waals surface area contributed by atoms with Gasteiger partial charge in [-0.05, 0) is 0 Å². The van der Waals surface area contributed by atoms with Crippen molar-refractivity contribution in [3.05, 3.63) is 66.2 Å². The third-order valence-electron chi connectivity index (χ3n) is 5.06. The standard InChI is InChI=1S/C23H28NO2Se.BrH/c1-22(2)15-23(3,17-27-19-13-9-6-10-14-19)24(16-22)20(21(25)26-4)18-11-7-5-8-12-18;/h5-14,16,20H,15,17H2,1-4H3;1H/q+1;/p-1/t20-,23?;/m1./s1. The molecule has 5 heteroatoms. The number of esters is 1. The second-order valence-electron chi connectivity index (χ2n) is 8.14. The van der Waals surface area contributed by atoms with Gasteiger partial charge < -0.3 is 17.0 Å². The van der Waals surface area contributed by atoms with E-state index in [1.54, 1.807) is 0 Å². The first-order chi connectivity index (χ1) is 12.8. The second-order valence-corrected chi connectivity index (χ2v) is 10.3. The number of nitrogens with zero attached hydrogens (tertiary/aromatic N) is 1. The summed E-state index contributed by atoms with van der Waals surface area (Å²) in [5.41, 5.74) is 0.938. The summed E-state index contributed by atoms with van der Waals surface area (Å²) in [7, 11) is 1.48. The van der Waals surface area contributed by atoms with Crippen molar-refractivity contribution in [3.8, 4) is 0 Å². The molecule has 1 unspecified atom stereocenters. The summed E-state index contributed by atoms with van der Waals surface area (Å²) in [5.74, 6) is -0.200. The Hall–Kier alpha value is -1.42. The fraction of sp³-hybridized carbons (Fsp3) is 0.391. The molecule has 2 atom stereocenters. The maximum atomic E-state index is 12.8. The van der Waals surface area contributed by atoms with Gasteiger partial charge in [-0.1, -0.05) is 0 Å². The van der Waals surface area contributed by atoms with Crippen molar-refractivity contribution in [3.63, 3.8) is 0 Å². The quantitative estimate of drug-likeness (QED) is 0.325. The van der Waals surface area contributed by atoms with E-state index in [1.165, 1.54) is 11.6 Å². The minimum atomic E-state index is -0.408. The monoisotopic (exact) mass is 509 g/mol. The molecular weight excluding hydrogens is 481 g/mol. The van der Waals surface area contributed by atoms with Crippen LogP contribution in [0.25, 0.3) is 0 Å². The Kier molecular flexibility index (Phi) is 7.66. The van der Waals surface area contributed by atoms with E-state index in [0.29, 0.717) is 15.0 Å². The van der Waals surface area contributed by atoms with E-state index in [-0.39, 0.29) is 33.9 Å². The Morgan fingerprint density at radius 2 is 1.64 bits per heavy atom. The number of benzene rings is 2. The van der Waals surface area contributed by atoms with E-state index in [9.17, 15) is 4.79 Å². The largest absolute Gasteiger partial charge is 1.00 e. The first-order valence-corrected chi connectivity index (χ1v) is 11.4. The number of halogens is 1. The van der Waals surface area contributed by atoms with Gasteiger partial charge >= 0.3 is 169 Å². The van der Waals surface area contributed by atoms with Gasteiger partial charge in [-0.15, -0.1) is 0 Å². The predicted octanol–water partition coefficient (Wildman–Crippen LogP) is 0.625. The van der Waals surface area contributed by atoms with Crippen LogP contribution in [0.15, 0.2) is 60.7 Å². The van der Waals surface area contributed by atoms with Crippen LogP contribution in [0.4, 0.5) is 0 Å². The summed E-state index contributed by atoms with van der Waals surface area (Å²) in [5, 5.41) is 1.05. The van der Waals surface area contributed by atoms with E-state index in [2.05, 4.69) is 61.9 Å². The molecule has 3 nitrogen and oxygen atoms in total. The minimum Gasteiger partial charge on any atom is -1.00 e. The molecule has 0 N–H and O–H groups in total. The molecule has 0 aliphatic carbocycles. The van der Waals surface area contributed by atoms with Crippen LogP contribution in [0.5, 0.6) is 0 Å². The first-order valence-electron chi connectivity index (χ1n) is 9.30. The number of ether oxygens (including phenoxy) is 1. The molecule has 0 aromatic heterocycles. The number of carbonyl (C=O) groups excluding carboxylic acids is 1. The fourth-order valence-electron chi connectivity index (χ4n) is 4.08. The average molecular weight is 509 g/mol. The second kappa shape index (κ2) is 9.38. The molecule has 0 saturated carbocycles. The number of rotatable bonds is 6. The van der Waals surface area contributed by atoms with Crippen molar-refractivity contribution >= 4 is 31.6 Å². The van der Waals surface area contributed by atoms with E-state index < -0.39 is 6.04 Å². The Labute approximate surface area is 185 Å². The Morgan fingerprint density at radius 1 is 1.07 bits per heavy atom. The number of methoxy groups -OCH3 is 1. The number of hydrogen-bond acceptors (Lipinski definition) is 2. The first kappa shape index (κ1) is 22.9. The smallest absolute Gasteiger partial charge is 1.00 e. The molecule has 0 bridgehead atoms. The minimum absolute atomic E-state index is 0. The zero-order chi connectivity index (χ0) is 19.5. The Balaban J connectivity index is 0.00000280. The van der Waals surface area contributed by atoms with E-state index in [0.717, 1.165) is 17.3 Å². The third-order valence-corrected chi connectivity index (χ3v) is 7.94. The summed E-state index contributed by atoms with van der Waals surface area (Å²) >= 11 is 0.347. The van der Waals surface area contributed by atoms with Crippen molar-refractivity contribution in [2.45, 2.75) is 44.1 Å². The molecule has 0 fully saturated rings. The van der Waals surface area contributed by atoms with Gasteiger partial charge in [0.1, 0.15) is 0 Å². The molecule has 1 aliphatic rings. The Bertz CT molecular complexity index is 823. The van der Waals surface area contributed by atoms with Crippen LogP contribution >= 0.6 is 0 Å². The van der Waals surface area contributed by atoms with Crippen LogP contribution in [-0.4, -0.2) is 44.4 Å². The average Bonchev–Trinajstić information content (AvgIpc) is 2.91. The molecular formula is C23H28BrNO2Se. The number of carbonyl (C=O) groups is 1. The van der Waals surface area contributed by atoms with Gasteiger partial charge in [0.15, 0.2) is 0 Å². The molecule has 28 heavy (non-hydrogen) atoms. The maximum Gasteiger partial charge on any atom is -1.00 e. The normalized spacial score (nSPS) is 21.4. The molecule has 2 aromatic rings. The van der Waals surface area contributed by atoms with Crippen LogP contribution < -0.4 is 21.4 Å². The summed E-state index contributed by atoms with van der Waals surface area (Å²) in [6.45, 7) is 6.79. The van der Waals surface area contributed by atoms with Gasteiger partial charge in [-0.3, -0.25) is 0 Å². The van der Waals surface area contributed by atoms with Crippen LogP contribution in [-0.2, 0) is 9.53 Å². The van der Waals surface area contributed by atoms with Crippen molar-refractivity contribution in [1.82, 2.24) is 0 Å². The van der Waals surface area contributed by atoms with Crippen molar-refractivity contribution in [2.75, 3.05) is 7.11 Å². The maximum absolute atomic E-state index is 12.8. The topological polar surface area (TPSA) is 29.3 Å². The molecule has 0 saturated heterocycles. The van der Waals surface area contributed by atoms with E-state index in [4.69, 9.17) is 4.74 Å². The summed E-state index contributed by atoms with van der Waals surface area (Å²) in [6.07, 6.45) is 3.28. The van der Waals surface area contributed by atoms with Gasteiger partial charge in [-0.25, -0.2) is 0 Å². The molecule has 150 valence electrons. The van der Waals surface area contributed by atoms with Gasteiger partial charge in [0.05, 0.1) is 0 Å². The zero-order valence-electron chi connectivity index (χ0n) is 16.9. The van der Waals surface area contributed by atoms with E-state index >= 15 is 0 Å². The third kappa shape index (κ3) is 5.14. The van der Waals surface area contributed by atoms with Gasteiger partial charge in [-0.2, -0.15) is 0 Å². The predicted molar refractivity (Wildman–Crippen MR) is 111 cm³/mol. The molecule has 3 rings (SSSR count). The van der Waals surface area contributed by atoms with Crippen LogP contribution in [0.2, 0.25) is 5.32 Å². The molecule has 2 aromatic carbocycles. The van der Waals surface area contributed by atoms with Crippen LogP contribution in [0.1, 0.15) is 38.8 Å². The fourth-order valence-corrected chi connectivity index (χ4v) is 6.34. The van der Waals surface area contributed by atoms with Crippen molar-refractivity contribution < 1.29 is 31.1 Å². The van der Waals surface area contributed by atoms with Gasteiger partial charge in [0.25, 0.3) is 0 Å². The SMILES string of the molecule is COC(=O)[C@@H](c1ccccc1)[N+]1=CC(C)(C)CC1(C)C[Se]c1ccccc1.[Br-]. The van der Waals surface area contributed by atoms with Crippen molar-refractivity contribution in [2.24, 2.45) is 5.41 Å². The number of hydrogen-bond donors (Lipinski definition) is 0. The molecule has 1 heterocycles.